The summed E-state index contributed by atoms with van der Waals surface area (Å²) in [4.78, 5) is 12.5. The largest absolute Gasteiger partial charge is 0.493 e. The van der Waals surface area contributed by atoms with Crippen molar-refractivity contribution in [3.8, 4) is 11.4 Å². The zero-order valence-electron chi connectivity index (χ0n) is 15.4. The Labute approximate surface area is 163 Å². The van der Waals surface area contributed by atoms with Crippen molar-refractivity contribution in [3.63, 3.8) is 0 Å². The molecule has 0 aliphatic heterocycles. The second-order valence-corrected chi connectivity index (χ2v) is 6.14. The molecule has 0 bridgehead atoms. The predicted octanol–water partition coefficient (Wildman–Crippen LogP) is 4.96. The summed E-state index contributed by atoms with van der Waals surface area (Å²) in [5, 5.41) is 4.02. The Morgan fingerprint density at radius 3 is 2.45 bits per heavy atom. The molecule has 0 N–H and O–H groups in total. The number of carbonyl (C=O) groups excluding carboxylic acids is 1. The van der Waals surface area contributed by atoms with Crippen LogP contribution in [0.1, 0.15) is 34.6 Å². The number of aromatic nitrogens is 2. The molecule has 0 saturated heterocycles. The lowest BCUT2D eigenvalue weighted by Crippen LogP contribution is -2.11. The molecular formula is C20H16F4N2O3. The van der Waals surface area contributed by atoms with Crippen molar-refractivity contribution >= 4 is 5.97 Å². The molecule has 152 valence electrons. The summed E-state index contributed by atoms with van der Waals surface area (Å²) in [5.74, 6) is -1.21. The van der Waals surface area contributed by atoms with E-state index in [2.05, 4.69) is 5.10 Å². The number of carbonyl (C=O) groups is 1. The molecule has 3 aromatic rings. The number of ether oxygens (including phenoxy) is 2. The summed E-state index contributed by atoms with van der Waals surface area (Å²) >= 11 is 0. The number of hydrogen-bond acceptors (Lipinski definition) is 4. The van der Waals surface area contributed by atoms with E-state index < -0.39 is 29.6 Å². The summed E-state index contributed by atoms with van der Waals surface area (Å²) in [6.07, 6.45) is -3.93. The highest BCUT2D eigenvalue weighted by Gasteiger charge is 2.31. The number of hydrogen-bond donors (Lipinski definition) is 0. The lowest BCUT2D eigenvalue weighted by atomic mass is 10.1. The average Bonchev–Trinajstić information content (AvgIpc) is 3.12. The van der Waals surface area contributed by atoms with E-state index in [4.69, 9.17) is 9.47 Å². The molecule has 0 aliphatic rings. The molecule has 0 amide bonds. The van der Waals surface area contributed by atoms with Crippen LogP contribution in [0.25, 0.3) is 5.69 Å². The summed E-state index contributed by atoms with van der Waals surface area (Å²) in [5.41, 5.74) is -0.378. The summed E-state index contributed by atoms with van der Waals surface area (Å²) < 4.78 is 63.4. The Morgan fingerprint density at radius 2 is 1.83 bits per heavy atom. The maximum atomic E-state index is 13.0. The van der Waals surface area contributed by atoms with E-state index in [1.54, 1.807) is 6.92 Å². The van der Waals surface area contributed by atoms with Crippen LogP contribution in [0, 0.1) is 5.82 Å². The third-order valence-electron chi connectivity index (χ3n) is 4.16. The van der Waals surface area contributed by atoms with Crippen LogP contribution in [0.5, 0.6) is 5.75 Å². The fraction of sp³-hybridized carbons (Fsp3) is 0.200. The SMILES string of the molecule is COc1cn(-c2cccc(C(F)(F)F)c2)nc1C(=O)OC(C)c1ccc(F)cc1. The molecule has 5 nitrogen and oxygen atoms in total. The summed E-state index contributed by atoms with van der Waals surface area (Å²) in [6, 6.07) is 9.92. The van der Waals surface area contributed by atoms with Crippen molar-refractivity contribution in [3.05, 3.63) is 77.4 Å². The first-order valence-electron chi connectivity index (χ1n) is 8.47. The van der Waals surface area contributed by atoms with Crippen LogP contribution >= 0.6 is 0 Å². The monoisotopic (exact) mass is 408 g/mol. The molecule has 0 radical (unpaired) electrons. The fourth-order valence-corrected chi connectivity index (χ4v) is 2.62. The van der Waals surface area contributed by atoms with Crippen molar-refractivity contribution in [1.82, 2.24) is 9.78 Å². The van der Waals surface area contributed by atoms with Gasteiger partial charge in [0.15, 0.2) is 5.75 Å². The van der Waals surface area contributed by atoms with Gasteiger partial charge in [-0.2, -0.15) is 18.3 Å². The number of rotatable bonds is 5. The quantitative estimate of drug-likeness (QED) is 0.443. The molecular weight excluding hydrogens is 392 g/mol. The molecule has 3 rings (SSSR count). The van der Waals surface area contributed by atoms with E-state index >= 15 is 0 Å². The average molecular weight is 408 g/mol. The van der Waals surface area contributed by atoms with Gasteiger partial charge in [-0.15, -0.1) is 0 Å². The second-order valence-electron chi connectivity index (χ2n) is 6.14. The molecule has 0 spiro atoms. The normalized spacial score (nSPS) is 12.5. The van der Waals surface area contributed by atoms with Gasteiger partial charge >= 0.3 is 12.1 Å². The van der Waals surface area contributed by atoms with E-state index in [0.29, 0.717) is 5.56 Å². The first-order chi connectivity index (χ1) is 13.7. The van der Waals surface area contributed by atoms with Gasteiger partial charge in [-0.05, 0) is 42.8 Å². The predicted molar refractivity (Wildman–Crippen MR) is 95.3 cm³/mol. The molecule has 29 heavy (non-hydrogen) atoms. The first kappa shape index (κ1) is 20.4. The molecule has 1 unspecified atom stereocenters. The van der Waals surface area contributed by atoms with E-state index in [9.17, 15) is 22.4 Å². The van der Waals surface area contributed by atoms with Crippen LogP contribution in [-0.2, 0) is 10.9 Å². The van der Waals surface area contributed by atoms with Gasteiger partial charge in [-0.1, -0.05) is 18.2 Å². The first-order valence-corrected chi connectivity index (χ1v) is 8.47. The summed E-state index contributed by atoms with van der Waals surface area (Å²) in [6.45, 7) is 1.60. The lowest BCUT2D eigenvalue weighted by Gasteiger charge is -2.13. The van der Waals surface area contributed by atoms with E-state index in [1.165, 1.54) is 49.7 Å². The molecule has 0 aliphatic carbocycles. The highest BCUT2D eigenvalue weighted by atomic mass is 19.4. The highest BCUT2D eigenvalue weighted by molar-refractivity contribution is 5.90. The van der Waals surface area contributed by atoms with Gasteiger partial charge in [0.05, 0.1) is 24.6 Å². The summed E-state index contributed by atoms with van der Waals surface area (Å²) in [7, 11) is 1.30. The Kier molecular flexibility index (Phi) is 5.58. The number of esters is 1. The minimum atomic E-state index is -4.51. The maximum absolute atomic E-state index is 13.0. The molecule has 1 aromatic heterocycles. The van der Waals surface area contributed by atoms with Crippen molar-refractivity contribution in [2.75, 3.05) is 7.11 Å². The van der Waals surface area contributed by atoms with Crippen LogP contribution < -0.4 is 4.74 Å². The van der Waals surface area contributed by atoms with Crippen LogP contribution in [0.15, 0.2) is 54.7 Å². The maximum Gasteiger partial charge on any atom is 0.416 e. The van der Waals surface area contributed by atoms with E-state index in [1.807, 2.05) is 0 Å². The van der Waals surface area contributed by atoms with Gasteiger partial charge in [-0.3, -0.25) is 0 Å². The molecule has 0 fully saturated rings. The van der Waals surface area contributed by atoms with Crippen molar-refractivity contribution in [2.24, 2.45) is 0 Å². The van der Waals surface area contributed by atoms with Crippen molar-refractivity contribution in [1.29, 1.82) is 0 Å². The van der Waals surface area contributed by atoms with E-state index in [0.717, 1.165) is 16.8 Å². The lowest BCUT2D eigenvalue weighted by molar-refractivity contribution is -0.137. The third kappa shape index (κ3) is 4.56. The number of nitrogens with zero attached hydrogens (tertiary/aromatic N) is 2. The van der Waals surface area contributed by atoms with Crippen LogP contribution in [0.4, 0.5) is 17.6 Å². The Morgan fingerprint density at radius 1 is 1.14 bits per heavy atom. The van der Waals surface area contributed by atoms with E-state index in [-0.39, 0.29) is 17.1 Å². The number of alkyl halides is 3. The second kappa shape index (κ2) is 7.94. The molecule has 2 aromatic carbocycles. The van der Waals surface area contributed by atoms with Gasteiger partial charge in [0.2, 0.25) is 5.69 Å². The molecule has 9 heteroatoms. The number of halogens is 4. The van der Waals surface area contributed by atoms with Gasteiger partial charge in [-0.25, -0.2) is 13.9 Å². The van der Waals surface area contributed by atoms with Crippen molar-refractivity contribution < 1.29 is 31.8 Å². The minimum Gasteiger partial charge on any atom is -0.493 e. The van der Waals surface area contributed by atoms with Crippen LogP contribution in [-0.4, -0.2) is 22.9 Å². The Hall–Kier alpha value is -3.36. The Balaban J connectivity index is 1.86. The van der Waals surface area contributed by atoms with Crippen LogP contribution in [0.3, 0.4) is 0 Å². The fourth-order valence-electron chi connectivity index (χ4n) is 2.62. The van der Waals surface area contributed by atoms with Crippen LogP contribution in [0.2, 0.25) is 0 Å². The van der Waals surface area contributed by atoms with Gasteiger partial charge in [0, 0.05) is 0 Å². The zero-order chi connectivity index (χ0) is 21.2. The topological polar surface area (TPSA) is 53.4 Å². The zero-order valence-corrected chi connectivity index (χ0v) is 15.4. The van der Waals surface area contributed by atoms with Gasteiger partial charge < -0.3 is 9.47 Å². The highest BCUT2D eigenvalue weighted by Crippen LogP contribution is 2.31. The van der Waals surface area contributed by atoms with Gasteiger partial charge in [0.1, 0.15) is 11.9 Å². The number of methoxy groups -OCH3 is 1. The standard InChI is InChI=1S/C20H16F4N2O3/c1-12(13-6-8-15(21)9-7-13)29-19(27)18-17(28-2)11-26(25-18)16-5-3-4-14(10-16)20(22,23)24/h3-12H,1-2H3. The molecule has 0 saturated carbocycles. The number of benzene rings is 2. The molecule has 1 atom stereocenters. The Bertz CT molecular complexity index is 1010. The minimum absolute atomic E-state index is 0.0405. The van der Waals surface area contributed by atoms with Crippen molar-refractivity contribution in [2.45, 2.75) is 19.2 Å². The third-order valence-corrected chi connectivity index (χ3v) is 4.16. The molecule has 1 heterocycles. The van der Waals surface area contributed by atoms with Gasteiger partial charge in [0.25, 0.3) is 0 Å². The smallest absolute Gasteiger partial charge is 0.416 e.